The molecule has 0 bridgehead atoms. The molecule has 2 fully saturated rings. The summed E-state index contributed by atoms with van der Waals surface area (Å²) in [6.45, 7) is 1.89. The van der Waals surface area contributed by atoms with Crippen LogP contribution in [0.2, 0.25) is 0 Å². The molecule has 186 valence electrons. The number of sulfonamides is 1. The third-order valence-corrected chi connectivity index (χ3v) is 9.69. The molecule has 0 aliphatic carbocycles. The smallest absolute Gasteiger partial charge is 0.305 e. The third-order valence-electron chi connectivity index (χ3n) is 7.91. The number of hydrogen-bond acceptors (Lipinski definition) is 6. The summed E-state index contributed by atoms with van der Waals surface area (Å²) in [6.07, 6.45) is 1.36. The zero-order valence-electron chi connectivity index (χ0n) is 19.9. The Morgan fingerprint density at radius 2 is 1.89 bits per heavy atom. The number of ether oxygens (including phenoxy) is 1. The Morgan fingerprint density at radius 1 is 1.17 bits per heavy atom. The maximum atomic E-state index is 13.8. The van der Waals surface area contributed by atoms with Crippen molar-refractivity contribution in [3.8, 4) is 0 Å². The van der Waals surface area contributed by atoms with E-state index in [0.29, 0.717) is 18.5 Å². The monoisotopic (exact) mass is 498 g/mol. The van der Waals surface area contributed by atoms with Crippen molar-refractivity contribution in [2.75, 3.05) is 24.6 Å². The van der Waals surface area contributed by atoms with E-state index in [2.05, 4.69) is 0 Å². The first-order valence-corrected chi connectivity index (χ1v) is 13.3. The second-order valence-corrected chi connectivity index (χ2v) is 11.8. The Bertz CT molecular complexity index is 1260. The van der Waals surface area contributed by atoms with Crippen molar-refractivity contribution >= 4 is 27.6 Å². The van der Waals surface area contributed by atoms with Gasteiger partial charge < -0.3 is 14.7 Å². The molecule has 35 heavy (non-hydrogen) atoms. The number of methoxy groups -OCH3 is 1. The minimum Gasteiger partial charge on any atom is -0.469 e. The van der Waals surface area contributed by atoms with Gasteiger partial charge in [0.1, 0.15) is 0 Å². The molecule has 3 aliphatic heterocycles. The van der Waals surface area contributed by atoms with Crippen LogP contribution in [0.1, 0.15) is 36.8 Å². The molecule has 9 heteroatoms. The first-order chi connectivity index (χ1) is 16.7. The van der Waals surface area contributed by atoms with Crippen LogP contribution in [0.3, 0.4) is 0 Å². The van der Waals surface area contributed by atoms with Gasteiger partial charge >= 0.3 is 5.97 Å². The molecular formula is C26H30N2O6S. The van der Waals surface area contributed by atoms with Gasteiger partial charge in [0.05, 0.1) is 30.3 Å². The summed E-state index contributed by atoms with van der Waals surface area (Å²) in [5, 5.41) is 10.2. The van der Waals surface area contributed by atoms with Gasteiger partial charge in [-0.05, 0) is 49.4 Å². The maximum absolute atomic E-state index is 13.8. The van der Waals surface area contributed by atoms with Gasteiger partial charge in [0.2, 0.25) is 5.91 Å². The molecule has 2 saturated heterocycles. The van der Waals surface area contributed by atoms with Crippen LogP contribution >= 0.6 is 0 Å². The fraction of sp³-hybridized carbons (Fsp3) is 0.462. The highest BCUT2D eigenvalue weighted by Gasteiger charge is 2.61. The Labute approximate surface area is 205 Å². The number of fused-ring (bicyclic) bond motifs is 4. The standard InChI is InChI=1S/C26H30N2O6S/c1-17-7-9-20(10-8-17)35(32,33)27-16-26(21-5-3-4-6-22(21)27)14-19(15-29)28-23(26)11-18(12-24(28)30)13-25(31)34-2/h3-10,18-19,23,29H,11-16H2,1-2H3/t18-,19+,23-,26-/m1/s1. The zero-order valence-corrected chi connectivity index (χ0v) is 20.7. The Kier molecular flexibility index (Phi) is 5.88. The molecule has 4 atom stereocenters. The van der Waals surface area contributed by atoms with Crippen LogP contribution in [0.15, 0.2) is 53.4 Å². The summed E-state index contributed by atoms with van der Waals surface area (Å²) in [4.78, 5) is 27.2. The van der Waals surface area contributed by atoms with Gasteiger partial charge in [-0.2, -0.15) is 0 Å². The first-order valence-electron chi connectivity index (χ1n) is 11.9. The number of amides is 1. The Hall–Kier alpha value is -2.91. The highest BCUT2D eigenvalue weighted by molar-refractivity contribution is 7.92. The SMILES string of the molecule is COC(=O)C[C@H]1CC(=O)N2[C@H](CO)C[C@]3(CN(S(=O)(=O)c4ccc(C)cc4)c4ccccc43)[C@H]2C1. The van der Waals surface area contributed by atoms with Crippen molar-refractivity contribution in [2.45, 2.75) is 55.0 Å². The van der Waals surface area contributed by atoms with Gasteiger partial charge in [0.15, 0.2) is 0 Å². The van der Waals surface area contributed by atoms with Crippen molar-refractivity contribution in [2.24, 2.45) is 5.92 Å². The number of carbonyl (C=O) groups is 2. The predicted molar refractivity (Wildman–Crippen MR) is 129 cm³/mol. The molecule has 0 aromatic heterocycles. The molecule has 1 spiro atoms. The average molecular weight is 499 g/mol. The van der Waals surface area contributed by atoms with Crippen molar-refractivity contribution in [1.29, 1.82) is 0 Å². The van der Waals surface area contributed by atoms with Crippen LogP contribution in [0.5, 0.6) is 0 Å². The predicted octanol–water partition coefficient (Wildman–Crippen LogP) is 2.38. The molecule has 2 aromatic rings. The van der Waals surface area contributed by atoms with Crippen LogP contribution in [-0.2, 0) is 29.8 Å². The summed E-state index contributed by atoms with van der Waals surface area (Å²) in [5.74, 6) is -0.666. The van der Waals surface area contributed by atoms with Crippen molar-refractivity contribution in [3.63, 3.8) is 0 Å². The van der Waals surface area contributed by atoms with E-state index in [-0.39, 0.29) is 54.7 Å². The molecule has 3 heterocycles. The van der Waals surface area contributed by atoms with Gasteiger partial charge in [0.25, 0.3) is 10.0 Å². The lowest BCUT2D eigenvalue weighted by Gasteiger charge is -2.42. The molecule has 5 rings (SSSR count). The van der Waals surface area contributed by atoms with Gasteiger partial charge in [-0.25, -0.2) is 8.42 Å². The minimum absolute atomic E-state index is 0.108. The second-order valence-electron chi connectivity index (χ2n) is 9.94. The summed E-state index contributed by atoms with van der Waals surface area (Å²) >= 11 is 0. The number of esters is 1. The number of rotatable bonds is 5. The summed E-state index contributed by atoms with van der Waals surface area (Å²) < 4.78 is 33.9. The first kappa shape index (κ1) is 23.8. The lowest BCUT2D eigenvalue weighted by atomic mass is 9.70. The summed E-state index contributed by atoms with van der Waals surface area (Å²) in [6, 6.07) is 13.5. The summed E-state index contributed by atoms with van der Waals surface area (Å²) in [7, 11) is -2.52. The van der Waals surface area contributed by atoms with E-state index in [9.17, 15) is 23.1 Å². The highest BCUT2D eigenvalue weighted by atomic mass is 32.2. The van der Waals surface area contributed by atoms with E-state index in [1.807, 2.05) is 31.2 Å². The number of benzene rings is 2. The lowest BCUT2D eigenvalue weighted by molar-refractivity contribution is -0.145. The van der Waals surface area contributed by atoms with E-state index in [1.165, 1.54) is 11.4 Å². The zero-order chi connectivity index (χ0) is 25.0. The molecule has 0 radical (unpaired) electrons. The Morgan fingerprint density at radius 3 is 2.57 bits per heavy atom. The van der Waals surface area contributed by atoms with Crippen LogP contribution in [0.25, 0.3) is 0 Å². The molecule has 1 amide bonds. The molecule has 3 aliphatic rings. The number of para-hydroxylation sites is 1. The number of carbonyl (C=O) groups excluding carboxylic acids is 2. The van der Waals surface area contributed by atoms with E-state index in [1.54, 1.807) is 29.2 Å². The number of aryl methyl sites for hydroxylation is 1. The number of aliphatic hydroxyl groups excluding tert-OH is 1. The van der Waals surface area contributed by atoms with Crippen LogP contribution in [-0.4, -0.2) is 62.6 Å². The van der Waals surface area contributed by atoms with E-state index in [4.69, 9.17) is 4.74 Å². The van der Waals surface area contributed by atoms with Crippen molar-refractivity contribution in [3.05, 3.63) is 59.7 Å². The van der Waals surface area contributed by atoms with Gasteiger partial charge in [0, 0.05) is 30.8 Å². The van der Waals surface area contributed by atoms with Crippen LogP contribution in [0, 0.1) is 12.8 Å². The number of anilines is 1. The quantitative estimate of drug-likeness (QED) is 0.635. The highest BCUT2D eigenvalue weighted by Crippen LogP contribution is 2.56. The van der Waals surface area contributed by atoms with Crippen LogP contribution < -0.4 is 4.31 Å². The topological polar surface area (TPSA) is 104 Å². The van der Waals surface area contributed by atoms with E-state index in [0.717, 1.165) is 11.1 Å². The van der Waals surface area contributed by atoms with E-state index < -0.39 is 21.5 Å². The number of nitrogens with zero attached hydrogens (tertiary/aromatic N) is 2. The molecule has 1 N–H and O–H groups in total. The maximum Gasteiger partial charge on any atom is 0.305 e. The third kappa shape index (κ3) is 3.72. The van der Waals surface area contributed by atoms with Crippen LogP contribution in [0.4, 0.5) is 5.69 Å². The fourth-order valence-corrected chi connectivity index (χ4v) is 7.87. The van der Waals surface area contributed by atoms with Gasteiger partial charge in [-0.3, -0.25) is 13.9 Å². The number of hydrogen-bond donors (Lipinski definition) is 1. The van der Waals surface area contributed by atoms with Gasteiger partial charge in [-0.15, -0.1) is 0 Å². The number of aliphatic hydroxyl groups is 1. The average Bonchev–Trinajstić information content (AvgIpc) is 3.36. The molecule has 8 nitrogen and oxygen atoms in total. The minimum atomic E-state index is -3.85. The largest absolute Gasteiger partial charge is 0.469 e. The lowest BCUT2D eigenvalue weighted by Crippen LogP contribution is -2.53. The van der Waals surface area contributed by atoms with Crippen molar-refractivity contribution in [1.82, 2.24) is 4.90 Å². The summed E-state index contributed by atoms with van der Waals surface area (Å²) in [5.41, 5.74) is 1.77. The molecule has 2 aromatic carbocycles. The normalized spacial score (nSPS) is 27.7. The fourth-order valence-electron chi connectivity index (χ4n) is 6.32. The molecule has 0 unspecified atom stereocenters. The molecular weight excluding hydrogens is 468 g/mol. The second kappa shape index (κ2) is 8.64. The van der Waals surface area contributed by atoms with Gasteiger partial charge in [-0.1, -0.05) is 35.9 Å². The molecule has 0 saturated carbocycles. The number of piperidine rings is 1. The van der Waals surface area contributed by atoms with E-state index >= 15 is 0 Å². The van der Waals surface area contributed by atoms with Crippen molar-refractivity contribution < 1.29 is 27.9 Å². The Balaban J connectivity index is 1.59.